The molecule has 0 aromatic rings. The minimum absolute atomic E-state index is 0.823. The van der Waals surface area contributed by atoms with Crippen LogP contribution in [-0.2, 0) is 0 Å². The molecule has 0 spiro atoms. The van der Waals surface area contributed by atoms with Crippen molar-refractivity contribution in [2.45, 2.75) is 57.9 Å². The average Bonchev–Trinajstić information content (AvgIpc) is 3.21. The van der Waals surface area contributed by atoms with E-state index < -0.39 is 0 Å². The van der Waals surface area contributed by atoms with Gasteiger partial charge in [-0.15, -0.1) is 0 Å². The van der Waals surface area contributed by atoms with Crippen LogP contribution in [0.1, 0.15) is 51.9 Å². The molecule has 104 valence electrons. The average molecular weight is 250 g/mol. The van der Waals surface area contributed by atoms with Crippen LogP contribution in [0.4, 0.5) is 0 Å². The van der Waals surface area contributed by atoms with Crippen LogP contribution in [0.15, 0.2) is 0 Å². The summed E-state index contributed by atoms with van der Waals surface area (Å²) in [7, 11) is 0. The molecule has 1 heterocycles. The number of hydrogen-bond donors (Lipinski definition) is 1. The zero-order valence-electron chi connectivity index (χ0n) is 12.0. The number of rotatable bonds is 4. The van der Waals surface area contributed by atoms with Crippen LogP contribution in [0.3, 0.4) is 0 Å². The highest BCUT2D eigenvalue weighted by molar-refractivity contribution is 4.91. The van der Waals surface area contributed by atoms with Crippen LogP contribution in [-0.4, -0.2) is 37.1 Å². The van der Waals surface area contributed by atoms with Crippen molar-refractivity contribution in [1.82, 2.24) is 10.2 Å². The van der Waals surface area contributed by atoms with Crippen molar-refractivity contribution in [3.8, 4) is 0 Å². The topological polar surface area (TPSA) is 15.3 Å². The van der Waals surface area contributed by atoms with Gasteiger partial charge in [-0.25, -0.2) is 0 Å². The van der Waals surface area contributed by atoms with Gasteiger partial charge < -0.3 is 10.2 Å². The van der Waals surface area contributed by atoms with E-state index in [0.717, 1.165) is 23.8 Å². The van der Waals surface area contributed by atoms with E-state index >= 15 is 0 Å². The normalized spacial score (nSPS) is 38.8. The van der Waals surface area contributed by atoms with Gasteiger partial charge in [-0.1, -0.05) is 26.2 Å². The molecule has 3 aliphatic rings. The lowest BCUT2D eigenvalue weighted by atomic mass is 9.81. The molecule has 2 nitrogen and oxygen atoms in total. The van der Waals surface area contributed by atoms with Crippen molar-refractivity contribution in [1.29, 1.82) is 0 Å². The molecule has 2 aliphatic carbocycles. The summed E-state index contributed by atoms with van der Waals surface area (Å²) in [5, 5.41) is 3.71. The molecule has 0 bridgehead atoms. The Morgan fingerprint density at radius 2 is 2.06 bits per heavy atom. The van der Waals surface area contributed by atoms with Crippen LogP contribution in [0.2, 0.25) is 0 Å². The van der Waals surface area contributed by atoms with E-state index in [1.54, 1.807) is 0 Å². The highest BCUT2D eigenvalue weighted by Crippen LogP contribution is 2.34. The standard InChI is InChI=1S/C16H30N2/c1-13-3-2-4-14(11-13)7-9-18-10-8-17-16(12-18)15-5-6-15/h13-17H,2-12H2,1H3. The third-order valence-electron chi connectivity index (χ3n) is 5.38. The van der Waals surface area contributed by atoms with Gasteiger partial charge >= 0.3 is 0 Å². The molecular formula is C16H30N2. The van der Waals surface area contributed by atoms with Crippen LogP contribution < -0.4 is 5.32 Å². The third-order valence-corrected chi connectivity index (χ3v) is 5.38. The second-order valence-electron chi connectivity index (χ2n) is 7.13. The number of nitrogens with one attached hydrogen (secondary N) is 1. The number of piperazine rings is 1. The van der Waals surface area contributed by atoms with Gasteiger partial charge in [-0.05, 0) is 50.0 Å². The molecule has 3 fully saturated rings. The van der Waals surface area contributed by atoms with Crippen molar-refractivity contribution < 1.29 is 0 Å². The monoisotopic (exact) mass is 250 g/mol. The number of nitrogens with zero attached hydrogens (tertiary/aromatic N) is 1. The van der Waals surface area contributed by atoms with Crippen molar-refractivity contribution in [2.75, 3.05) is 26.2 Å². The first kappa shape index (κ1) is 12.9. The van der Waals surface area contributed by atoms with E-state index in [0.29, 0.717) is 0 Å². The Balaban J connectivity index is 1.39. The molecule has 3 rings (SSSR count). The van der Waals surface area contributed by atoms with Gasteiger partial charge in [0, 0.05) is 25.7 Å². The van der Waals surface area contributed by atoms with Gasteiger partial charge in [0.2, 0.25) is 0 Å². The Morgan fingerprint density at radius 3 is 2.83 bits per heavy atom. The Kier molecular flexibility index (Phi) is 4.25. The number of hydrogen-bond acceptors (Lipinski definition) is 2. The smallest absolute Gasteiger partial charge is 0.0223 e. The first-order valence-corrected chi connectivity index (χ1v) is 8.27. The van der Waals surface area contributed by atoms with Crippen molar-refractivity contribution in [3.63, 3.8) is 0 Å². The maximum atomic E-state index is 3.71. The molecule has 0 aromatic heterocycles. The Bertz CT molecular complexity index is 262. The van der Waals surface area contributed by atoms with E-state index in [4.69, 9.17) is 0 Å². The van der Waals surface area contributed by atoms with Crippen molar-refractivity contribution in [2.24, 2.45) is 17.8 Å². The predicted octanol–water partition coefficient (Wildman–Crippen LogP) is 2.89. The SMILES string of the molecule is CC1CCCC(CCN2CCNC(C3CC3)C2)C1. The first-order valence-electron chi connectivity index (χ1n) is 8.27. The zero-order valence-corrected chi connectivity index (χ0v) is 12.0. The molecule has 3 unspecified atom stereocenters. The largest absolute Gasteiger partial charge is 0.311 e. The van der Waals surface area contributed by atoms with E-state index in [-0.39, 0.29) is 0 Å². The summed E-state index contributed by atoms with van der Waals surface area (Å²) >= 11 is 0. The van der Waals surface area contributed by atoms with Gasteiger partial charge in [-0.2, -0.15) is 0 Å². The fourth-order valence-electron chi connectivity index (χ4n) is 4.05. The molecule has 2 saturated carbocycles. The highest BCUT2D eigenvalue weighted by Gasteiger charge is 2.33. The van der Waals surface area contributed by atoms with E-state index in [2.05, 4.69) is 17.1 Å². The van der Waals surface area contributed by atoms with E-state index in [1.165, 1.54) is 71.1 Å². The second kappa shape index (κ2) is 5.92. The first-order chi connectivity index (χ1) is 8.81. The molecule has 3 atom stereocenters. The summed E-state index contributed by atoms with van der Waals surface area (Å²) in [5.41, 5.74) is 0. The molecule has 1 aliphatic heterocycles. The van der Waals surface area contributed by atoms with Gasteiger partial charge in [0.05, 0.1) is 0 Å². The summed E-state index contributed by atoms with van der Waals surface area (Å²) < 4.78 is 0. The zero-order chi connectivity index (χ0) is 12.4. The van der Waals surface area contributed by atoms with Gasteiger partial charge in [0.1, 0.15) is 0 Å². The van der Waals surface area contributed by atoms with Gasteiger partial charge in [-0.3, -0.25) is 0 Å². The minimum atomic E-state index is 0.823. The molecule has 2 heteroatoms. The van der Waals surface area contributed by atoms with Crippen LogP contribution in [0.25, 0.3) is 0 Å². The van der Waals surface area contributed by atoms with Crippen LogP contribution >= 0.6 is 0 Å². The summed E-state index contributed by atoms with van der Waals surface area (Å²) in [6, 6.07) is 0.823. The maximum Gasteiger partial charge on any atom is 0.0223 e. The molecule has 0 amide bonds. The maximum absolute atomic E-state index is 3.71. The highest BCUT2D eigenvalue weighted by atomic mass is 15.2. The van der Waals surface area contributed by atoms with Crippen LogP contribution in [0.5, 0.6) is 0 Å². The molecular weight excluding hydrogens is 220 g/mol. The van der Waals surface area contributed by atoms with Crippen LogP contribution in [0, 0.1) is 17.8 Å². The van der Waals surface area contributed by atoms with Crippen molar-refractivity contribution >= 4 is 0 Å². The Labute approximate surface area is 113 Å². The lowest BCUT2D eigenvalue weighted by Gasteiger charge is -2.35. The van der Waals surface area contributed by atoms with Gasteiger partial charge in [0.15, 0.2) is 0 Å². The molecule has 0 aromatic carbocycles. The third kappa shape index (κ3) is 3.48. The molecule has 1 saturated heterocycles. The molecule has 0 radical (unpaired) electrons. The lowest BCUT2D eigenvalue weighted by molar-refractivity contribution is 0.164. The Morgan fingerprint density at radius 1 is 1.17 bits per heavy atom. The van der Waals surface area contributed by atoms with Gasteiger partial charge in [0.25, 0.3) is 0 Å². The van der Waals surface area contributed by atoms with Crippen molar-refractivity contribution in [3.05, 3.63) is 0 Å². The fourth-order valence-corrected chi connectivity index (χ4v) is 4.05. The lowest BCUT2D eigenvalue weighted by Crippen LogP contribution is -2.51. The minimum Gasteiger partial charge on any atom is -0.311 e. The summed E-state index contributed by atoms with van der Waals surface area (Å²) in [6.45, 7) is 7.64. The summed E-state index contributed by atoms with van der Waals surface area (Å²) in [6.07, 6.45) is 10.4. The summed E-state index contributed by atoms with van der Waals surface area (Å²) in [5.74, 6) is 3.04. The summed E-state index contributed by atoms with van der Waals surface area (Å²) in [4.78, 5) is 2.73. The quantitative estimate of drug-likeness (QED) is 0.825. The van der Waals surface area contributed by atoms with E-state index in [1.807, 2.05) is 0 Å². The molecule has 1 N–H and O–H groups in total. The van der Waals surface area contributed by atoms with E-state index in [9.17, 15) is 0 Å². The Hall–Kier alpha value is -0.0800. The fraction of sp³-hybridized carbons (Fsp3) is 1.00. The molecule has 18 heavy (non-hydrogen) atoms. The predicted molar refractivity (Wildman–Crippen MR) is 76.7 cm³/mol. The second-order valence-corrected chi connectivity index (χ2v) is 7.13.